The van der Waals surface area contributed by atoms with Gasteiger partial charge in [-0.05, 0) is 39.0 Å². The van der Waals surface area contributed by atoms with Crippen LogP contribution in [0.1, 0.15) is 46.0 Å². The minimum absolute atomic E-state index is 0.102. The van der Waals surface area contributed by atoms with Crippen LogP contribution in [-0.4, -0.2) is 53.4 Å². The van der Waals surface area contributed by atoms with Crippen LogP contribution in [0.15, 0.2) is 0 Å². The summed E-state index contributed by atoms with van der Waals surface area (Å²) in [6, 6.07) is -0.970. The molecule has 0 unspecified atom stereocenters. The fourth-order valence-corrected chi connectivity index (χ4v) is 4.28. The number of aliphatic carboxylic acids is 1. The highest BCUT2D eigenvalue weighted by molar-refractivity contribution is 7.92. The number of hydrogen-bond acceptors (Lipinski definition) is 4. The molecule has 1 saturated heterocycles. The Kier molecular flexibility index (Phi) is 4.60. The van der Waals surface area contributed by atoms with Gasteiger partial charge < -0.3 is 10.0 Å². The Morgan fingerprint density at radius 2 is 1.86 bits per heavy atom. The largest absolute Gasteiger partial charge is 0.480 e. The number of amides is 1. The van der Waals surface area contributed by atoms with Gasteiger partial charge in [0.2, 0.25) is 5.91 Å². The van der Waals surface area contributed by atoms with Crippen LogP contribution in [0.2, 0.25) is 0 Å². The summed E-state index contributed by atoms with van der Waals surface area (Å²) in [5.41, 5.74) is 0. The Morgan fingerprint density at radius 3 is 2.43 bits per heavy atom. The van der Waals surface area contributed by atoms with Crippen molar-refractivity contribution < 1.29 is 23.1 Å². The van der Waals surface area contributed by atoms with E-state index in [4.69, 9.17) is 0 Å². The summed E-state index contributed by atoms with van der Waals surface area (Å²) < 4.78 is 23.9. The third-order valence-electron chi connectivity index (χ3n) is 4.70. The molecule has 21 heavy (non-hydrogen) atoms. The molecule has 6 nitrogen and oxygen atoms in total. The second-order valence-corrected chi connectivity index (χ2v) is 8.92. The van der Waals surface area contributed by atoms with Crippen molar-refractivity contribution >= 4 is 21.7 Å². The highest BCUT2D eigenvalue weighted by atomic mass is 32.2. The molecule has 120 valence electrons. The summed E-state index contributed by atoms with van der Waals surface area (Å²) >= 11 is 0. The van der Waals surface area contributed by atoms with E-state index >= 15 is 0 Å². The van der Waals surface area contributed by atoms with Crippen molar-refractivity contribution in [3.63, 3.8) is 0 Å². The number of rotatable bonds is 4. The van der Waals surface area contributed by atoms with Gasteiger partial charge in [0.25, 0.3) is 0 Å². The quantitative estimate of drug-likeness (QED) is 0.837. The molecule has 7 heteroatoms. The van der Waals surface area contributed by atoms with E-state index in [0.29, 0.717) is 6.42 Å². The number of carbonyl (C=O) groups excluding carboxylic acids is 1. The summed E-state index contributed by atoms with van der Waals surface area (Å²) in [6.07, 6.45) is 4.18. The molecule has 0 bridgehead atoms. The number of nitrogens with zero attached hydrogens (tertiary/aromatic N) is 1. The summed E-state index contributed by atoms with van der Waals surface area (Å²) in [5, 5.41) is 8.71. The Morgan fingerprint density at radius 1 is 1.24 bits per heavy atom. The molecule has 2 aliphatic rings. The molecule has 2 rings (SSSR count). The molecule has 0 spiro atoms. The third kappa shape index (κ3) is 3.22. The van der Waals surface area contributed by atoms with E-state index in [2.05, 4.69) is 0 Å². The molecule has 1 heterocycles. The van der Waals surface area contributed by atoms with E-state index in [9.17, 15) is 23.1 Å². The number of hydrogen-bond donors (Lipinski definition) is 1. The van der Waals surface area contributed by atoms with Crippen molar-refractivity contribution in [2.45, 2.75) is 63.3 Å². The van der Waals surface area contributed by atoms with E-state index < -0.39 is 38.8 Å². The van der Waals surface area contributed by atoms with Crippen molar-refractivity contribution in [1.82, 2.24) is 4.90 Å². The molecule has 1 saturated carbocycles. The monoisotopic (exact) mass is 317 g/mol. The van der Waals surface area contributed by atoms with Crippen LogP contribution in [0.4, 0.5) is 0 Å². The minimum atomic E-state index is -3.51. The lowest BCUT2D eigenvalue weighted by Gasteiger charge is -2.33. The molecular formula is C14H23NO5S. The van der Waals surface area contributed by atoms with Crippen LogP contribution in [0.5, 0.6) is 0 Å². The van der Waals surface area contributed by atoms with E-state index in [1.54, 1.807) is 0 Å². The number of fused-ring (bicyclic) bond motifs is 1. The van der Waals surface area contributed by atoms with Crippen molar-refractivity contribution in [2.75, 3.05) is 5.75 Å². The molecule has 0 aromatic carbocycles. The van der Waals surface area contributed by atoms with Crippen molar-refractivity contribution in [1.29, 1.82) is 0 Å². The third-order valence-corrected chi connectivity index (χ3v) is 6.79. The van der Waals surface area contributed by atoms with Gasteiger partial charge in [0.1, 0.15) is 11.8 Å². The maximum atomic E-state index is 12.4. The van der Waals surface area contributed by atoms with Gasteiger partial charge in [-0.3, -0.25) is 4.79 Å². The predicted octanol–water partition coefficient (Wildman–Crippen LogP) is 1.05. The summed E-state index contributed by atoms with van der Waals surface area (Å²) in [4.78, 5) is 25.2. The average Bonchev–Trinajstić information content (AvgIpc) is 2.77. The Labute approximate surface area is 125 Å². The van der Waals surface area contributed by atoms with Gasteiger partial charge >= 0.3 is 5.97 Å². The second kappa shape index (κ2) is 5.94. The molecule has 0 radical (unpaired) electrons. The molecule has 1 amide bonds. The molecule has 1 aliphatic heterocycles. The smallest absolute Gasteiger partial charge is 0.326 e. The summed E-state index contributed by atoms with van der Waals surface area (Å²) in [5.74, 6) is -1.96. The van der Waals surface area contributed by atoms with Gasteiger partial charge in [0.15, 0.2) is 9.84 Å². The van der Waals surface area contributed by atoms with Gasteiger partial charge in [-0.2, -0.15) is 0 Å². The summed E-state index contributed by atoms with van der Waals surface area (Å²) in [6.45, 7) is 3.06. The van der Waals surface area contributed by atoms with Crippen LogP contribution >= 0.6 is 0 Å². The lowest BCUT2D eigenvalue weighted by atomic mass is 9.85. The maximum Gasteiger partial charge on any atom is 0.326 e. The SMILES string of the molecule is CC(C)S(=O)(=O)CC(=O)N1[C@@H]2CCCC[C@H]2C[C@H]1C(=O)O. The highest BCUT2D eigenvalue weighted by Gasteiger charge is 2.48. The fourth-order valence-electron chi connectivity index (χ4n) is 3.45. The Hall–Kier alpha value is -1.11. The lowest BCUT2D eigenvalue weighted by molar-refractivity contribution is -0.148. The minimum Gasteiger partial charge on any atom is -0.480 e. The zero-order chi connectivity index (χ0) is 15.8. The normalized spacial score (nSPS) is 29.5. The zero-order valence-electron chi connectivity index (χ0n) is 12.5. The van der Waals surface area contributed by atoms with Crippen molar-refractivity contribution in [3.05, 3.63) is 0 Å². The van der Waals surface area contributed by atoms with Crippen molar-refractivity contribution in [3.8, 4) is 0 Å². The van der Waals surface area contributed by atoms with Crippen LogP contribution in [0.3, 0.4) is 0 Å². The lowest BCUT2D eigenvalue weighted by Crippen LogP contribution is -2.48. The first-order valence-electron chi connectivity index (χ1n) is 7.49. The first-order valence-corrected chi connectivity index (χ1v) is 9.21. The van der Waals surface area contributed by atoms with Crippen LogP contribution in [-0.2, 0) is 19.4 Å². The Bertz CT molecular complexity index is 527. The number of carboxylic acid groups (broad SMARTS) is 1. The van der Waals surface area contributed by atoms with Gasteiger partial charge in [0.05, 0.1) is 5.25 Å². The standard InChI is InChI=1S/C14H23NO5S/c1-9(2)21(19,20)8-13(16)15-11-6-4-3-5-10(11)7-12(15)14(17)18/h9-12H,3-8H2,1-2H3,(H,17,18)/t10-,11+,12-/m0/s1. The Balaban J connectivity index is 2.21. The number of likely N-dealkylation sites (tertiary alicyclic amines) is 1. The van der Waals surface area contributed by atoms with E-state index in [0.717, 1.165) is 25.7 Å². The van der Waals surface area contributed by atoms with Gasteiger partial charge in [-0.25, -0.2) is 13.2 Å². The second-order valence-electron chi connectivity index (χ2n) is 6.36. The first kappa shape index (κ1) is 16.3. The molecule has 0 aromatic rings. The zero-order valence-corrected chi connectivity index (χ0v) is 13.3. The molecular weight excluding hydrogens is 294 g/mol. The molecule has 2 fully saturated rings. The highest BCUT2D eigenvalue weighted by Crippen LogP contribution is 2.39. The van der Waals surface area contributed by atoms with Gasteiger partial charge in [-0.15, -0.1) is 0 Å². The van der Waals surface area contributed by atoms with E-state index in [-0.39, 0.29) is 12.0 Å². The van der Waals surface area contributed by atoms with Crippen LogP contribution in [0.25, 0.3) is 0 Å². The van der Waals surface area contributed by atoms with Crippen LogP contribution < -0.4 is 0 Å². The topological polar surface area (TPSA) is 91.8 Å². The maximum absolute atomic E-state index is 12.4. The van der Waals surface area contributed by atoms with Gasteiger partial charge in [0, 0.05) is 6.04 Å². The molecule has 3 atom stereocenters. The number of carbonyl (C=O) groups is 2. The fraction of sp³-hybridized carbons (Fsp3) is 0.857. The van der Waals surface area contributed by atoms with Crippen molar-refractivity contribution in [2.24, 2.45) is 5.92 Å². The van der Waals surface area contributed by atoms with E-state index in [1.807, 2.05) is 0 Å². The molecule has 1 N–H and O–H groups in total. The number of carboxylic acids is 1. The molecule has 0 aromatic heterocycles. The molecule has 1 aliphatic carbocycles. The predicted molar refractivity (Wildman–Crippen MR) is 77.6 cm³/mol. The summed E-state index contributed by atoms with van der Waals surface area (Å²) in [7, 11) is -3.51. The first-order chi connectivity index (χ1) is 9.74. The van der Waals surface area contributed by atoms with Gasteiger partial charge in [-0.1, -0.05) is 12.8 Å². The van der Waals surface area contributed by atoms with E-state index in [1.165, 1.54) is 18.7 Å². The van der Waals surface area contributed by atoms with Crippen LogP contribution in [0, 0.1) is 5.92 Å². The number of sulfone groups is 1. The average molecular weight is 317 g/mol.